The van der Waals surface area contributed by atoms with E-state index in [0.29, 0.717) is 30.2 Å². The molecule has 0 bridgehead atoms. The van der Waals surface area contributed by atoms with Crippen LogP contribution in [0.25, 0.3) is 17.1 Å². The van der Waals surface area contributed by atoms with Crippen LogP contribution in [0.5, 0.6) is 0 Å². The Bertz CT molecular complexity index is 1460. The predicted molar refractivity (Wildman–Crippen MR) is 142 cm³/mol. The highest BCUT2D eigenvalue weighted by Gasteiger charge is 2.37. The number of benzene rings is 1. The molecule has 0 aliphatic carbocycles. The first kappa shape index (κ1) is 27.8. The van der Waals surface area contributed by atoms with Crippen molar-refractivity contribution in [2.45, 2.75) is 38.5 Å². The zero-order chi connectivity index (χ0) is 27.9. The van der Waals surface area contributed by atoms with Crippen molar-refractivity contribution in [1.29, 1.82) is 0 Å². The summed E-state index contributed by atoms with van der Waals surface area (Å²) in [5.74, 6) is -0.0844. The Balaban J connectivity index is 1.39. The van der Waals surface area contributed by atoms with Crippen LogP contribution >= 0.6 is 11.6 Å². The predicted octanol–water partition coefficient (Wildman–Crippen LogP) is 4.29. The third-order valence-electron chi connectivity index (χ3n) is 7.22. The summed E-state index contributed by atoms with van der Waals surface area (Å²) < 4.78 is 68.4. The highest BCUT2D eigenvalue weighted by atomic mass is 35.5. The standard InChI is InChI=1S/C25H29ClF3N7O2S/c1-16-12-36(39(2,37)38)9-6-20(16)32-24-30-11-18(25(27,28)29)23(33-24)21-14-35(15-31-21)22-5-4-17(10-19(22)26)13-34-7-3-8-34/h4-5,10-11,14-16,20H,3,6-9,12-13H2,1-2H3,(H,30,32,33)/t16-,20+/m1/s1. The van der Waals surface area contributed by atoms with Crippen LogP contribution in [-0.2, 0) is 22.7 Å². The van der Waals surface area contributed by atoms with Crippen molar-refractivity contribution in [3.63, 3.8) is 0 Å². The van der Waals surface area contributed by atoms with Gasteiger partial charge in [0.15, 0.2) is 0 Å². The van der Waals surface area contributed by atoms with E-state index in [9.17, 15) is 21.6 Å². The third-order valence-corrected chi connectivity index (χ3v) is 8.79. The van der Waals surface area contributed by atoms with Gasteiger partial charge < -0.3 is 9.88 Å². The van der Waals surface area contributed by atoms with Crippen molar-refractivity contribution >= 4 is 27.6 Å². The van der Waals surface area contributed by atoms with Gasteiger partial charge in [0.1, 0.15) is 23.3 Å². The van der Waals surface area contributed by atoms with Crippen molar-refractivity contribution in [3.8, 4) is 17.1 Å². The number of aromatic nitrogens is 4. The molecule has 39 heavy (non-hydrogen) atoms. The largest absolute Gasteiger partial charge is 0.420 e. The van der Waals surface area contributed by atoms with Crippen LogP contribution in [0.1, 0.15) is 30.9 Å². The van der Waals surface area contributed by atoms with Crippen LogP contribution in [-0.4, -0.2) is 75.6 Å². The number of hydrogen-bond acceptors (Lipinski definition) is 7. The first-order valence-corrected chi connectivity index (χ1v) is 14.8. The molecule has 2 fully saturated rings. The average Bonchev–Trinajstić information content (AvgIpc) is 3.31. The normalized spacial score (nSPS) is 21.1. The van der Waals surface area contributed by atoms with E-state index < -0.39 is 21.8 Å². The molecule has 14 heteroatoms. The van der Waals surface area contributed by atoms with Crippen LogP contribution < -0.4 is 5.32 Å². The van der Waals surface area contributed by atoms with Gasteiger partial charge in [-0.3, -0.25) is 4.90 Å². The fourth-order valence-corrected chi connectivity index (χ4v) is 6.12. The van der Waals surface area contributed by atoms with Gasteiger partial charge in [-0.05, 0) is 49.5 Å². The monoisotopic (exact) mass is 583 g/mol. The van der Waals surface area contributed by atoms with E-state index in [1.54, 1.807) is 4.57 Å². The quantitative estimate of drug-likeness (QED) is 0.443. The van der Waals surface area contributed by atoms with Gasteiger partial charge in [-0.15, -0.1) is 0 Å². The topological polar surface area (TPSA) is 96.2 Å². The van der Waals surface area contributed by atoms with Gasteiger partial charge in [-0.2, -0.15) is 13.2 Å². The third kappa shape index (κ3) is 6.21. The summed E-state index contributed by atoms with van der Waals surface area (Å²) in [5, 5.41) is 3.56. The summed E-state index contributed by atoms with van der Waals surface area (Å²) in [5.41, 5.74) is 0.314. The van der Waals surface area contributed by atoms with Gasteiger partial charge in [-0.1, -0.05) is 24.6 Å². The molecule has 2 aliphatic heterocycles. The van der Waals surface area contributed by atoms with E-state index in [0.717, 1.165) is 37.7 Å². The molecule has 210 valence electrons. The van der Waals surface area contributed by atoms with Crippen LogP contribution in [0.15, 0.2) is 36.9 Å². The molecule has 0 amide bonds. The Kier molecular flexibility index (Phi) is 7.61. The lowest BCUT2D eigenvalue weighted by Crippen LogP contribution is -2.47. The van der Waals surface area contributed by atoms with Crippen molar-refractivity contribution in [2.24, 2.45) is 5.92 Å². The van der Waals surface area contributed by atoms with Crippen LogP contribution in [0.4, 0.5) is 19.1 Å². The SMILES string of the molecule is C[C@@H]1CN(S(C)(=O)=O)CC[C@@H]1Nc1ncc(C(F)(F)F)c(-c2cn(-c3ccc(CN4CCC4)cc3Cl)cn2)n1. The fraction of sp³-hybridized carbons (Fsp3) is 0.480. The number of anilines is 1. The van der Waals surface area contributed by atoms with Crippen molar-refractivity contribution < 1.29 is 21.6 Å². The maximum absolute atomic E-state index is 13.9. The first-order chi connectivity index (χ1) is 18.4. The molecule has 2 saturated heterocycles. The summed E-state index contributed by atoms with van der Waals surface area (Å²) in [7, 11) is -3.32. The second-order valence-electron chi connectivity index (χ2n) is 10.2. The zero-order valence-corrected chi connectivity index (χ0v) is 23.1. The molecule has 1 N–H and O–H groups in total. The van der Waals surface area contributed by atoms with Crippen molar-refractivity contribution in [2.75, 3.05) is 37.8 Å². The molecule has 2 atom stereocenters. The summed E-state index contributed by atoms with van der Waals surface area (Å²) in [6, 6.07) is 5.42. The first-order valence-electron chi connectivity index (χ1n) is 12.6. The summed E-state index contributed by atoms with van der Waals surface area (Å²) in [6.45, 7) is 5.38. The van der Waals surface area contributed by atoms with Gasteiger partial charge in [-0.25, -0.2) is 27.7 Å². The smallest absolute Gasteiger partial charge is 0.351 e. The molecule has 4 heterocycles. The lowest BCUT2D eigenvalue weighted by Gasteiger charge is -2.35. The minimum absolute atomic E-state index is 0.0191. The average molecular weight is 584 g/mol. The maximum atomic E-state index is 13.9. The molecular weight excluding hydrogens is 555 g/mol. The molecule has 1 aromatic carbocycles. The van der Waals surface area contributed by atoms with Gasteiger partial charge in [0.25, 0.3) is 0 Å². The molecule has 0 saturated carbocycles. The Morgan fingerprint density at radius 3 is 2.56 bits per heavy atom. The Labute approximate surface area is 230 Å². The lowest BCUT2D eigenvalue weighted by atomic mass is 9.95. The van der Waals surface area contributed by atoms with Gasteiger partial charge in [0, 0.05) is 38.1 Å². The highest BCUT2D eigenvalue weighted by molar-refractivity contribution is 7.88. The molecule has 5 rings (SSSR count). The zero-order valence-electron chi connectivity index (χ0n) is 21.5. The number of nitrogens with one attached hydrogen (secondary N) is 1. The van der Waals surface area contributed by atoms with E-state index in [2.05, 4.69) is 25.2 Å². The number of sulfonamides is 1. The second kappa shape index (κ2) is 10.7. The lowest BCUT2D eigenvalue weighted by molar-refractivity contribution is -0.137. The number of hydrogen-bond donors (Lipinski definition) is 1. The molecule has 2 aromatic heterocycles. The minimum Gasteiger partial charge on any atom is -0.351 e. The molecule has 0 unspecified atom stereocenters. The highest BCUT2D eigenvalue weighted by Crippen LogP contribution is 2.36. The second-order valence-corrected chi connectivity index (χ2v) is 12.6. The van der Waals surface area contributed by atoms with E-state index >= 15 is 0 Å². The molecular formula is C25H29ClF3N7O2S. The van der Waals surface area contributed by atoms with Crippen LogP contribution in [0, 0.1) is 5.92 Å². The number of likely N-dealkylation sites (tertiary alicyclic amines) is 1. The number of imidazole rings is 1. The number of piperidine rings is 1. The van der Waals surface area contributed by atoms with Gasteiger partial charge >= 0.3 is 6.18 Å². The van der Waals surface area contributed by atoms with E-state index in [4.69, 9.17) is 11.6 Å². The summed E-state index contributed by atoms with van der Waals surface area (Å²) in [6.07, 6.45) is 1.74. The van der Waals surface area contributed by atoms with E-state index in [-0.39, 0.29) is 29.3 Å². The van der Waals surface area contributed by atoms with Gasteiger partial charge in [0.05, 0.1) is 17.0 Å². The maximum Gasteiger partial charge on any atom is 0.420 e. The Morgan fingerprint density at radius 2 is 1.95 bits per heavy atom. The van der Waals surface area contributed by atoms with Crippen molar-refractivity contribution in [3.05, 3.63) is 53.1 Å². The van der Waals surface area contributed by atoms with Crippen molar-refractivity contribution in [1.82, 2.24) is 28.7 Å². The molecule has 9 nitrogen and oxygen atoms in total. The van der Waals surface area contributed by atoms with Crippen LogP contribution in [0.3, 0.4) is 0 Å². The van der Waals surface area contributed by atoms with Crippen LogP contribution in [0.2, 0.25) is 5.02 Å². The fourth-order valence-electron chi connectivity index (χ4n) is 4.88. The molecule has 0 spiro atoms. The number of halogens is 4. The number of nitrogens with zero attached hydrogens (tertiary/aromatic N) is 6. The summed E-state index contributed by atoms with van der Waals surface area (Å²) in [4.78, 5) is 14.6. The Morgan fingerprint density at radius 1 is 1.18 bits per heavy atom. The number of alkyl halides is 3. The minimum atomic E-state index is -4.69. The molecule has 3 aromatic rings. The van der Waals surface area contributed by atoms with Gasteiger partial charge in [0.2, 0.25) is 16.0 Å². The number of rotatable bonds is 7. The Hall–Kier alpha value is -2.74. The van der Waals surface area contributed by atoms with E-state index in [1.807, 2.05) is 25.1 Å². The molecule has 2 aliphatic rings. The summed E-state index contributed by atoms with van der Waals surface area (Å²) >= 11 is 6.53. The van der Waals surface area contributed by atoms with E-state index in [1.165, 1.54) is 23.3 Å². The molecule has 0 radical (unpaired) electrons.